The van der Waals surface area contributed by atoms with E-state index in [9.17, 15) is 9.59 Å². The van der Waals surface area contributed by atoms with Gasteiger partial charge in [0.25, 0.3) is 5.91 Å². The third kappa shape index (κ3) is 3.90. The molecule has 3 heterocycles. The van der Waals surface area contributed by atoms with E-state index in [1.54, 1.807) is 18.5 Å². The number of rotatable bonds is 4. The molecule has 28 heavy (non-hydrogen) atoms. The van der Waals surface area contributed by atoms with E-state index >= 15 is 0 Å². The summed E-state index contributed by atoms with van der Waals surface area (Å²) in [5.41, 5.74) is 4.21. The Morgan fingerprint density at radius 3 is 2.96 bits per heavy atom. The van der Waals surface area contributed by atoms with Gasteiger partial charge in [-0.15, -0.1) is 11.3 Å². The summed E-state index contributed by atoms with van der Waals surface area (Å²) in [4.78, 5) is 29.6. The van der Waals surface area contributed by atoms with Gasteiger partial charge in [0.1, 0.15) is 11.3 Å². The molecule has 1 unspecified atom stereocenters. The number of thiazole rings is 1. The first-order chi connectivity index (χ1) is 13.6. The van der Waals surface area contributed by atoms with E-state index in [1.807, 2.05) is 29.6 Å². The molecule has 0 bridgehead atoms. The lowest BCUT2D eigenvalue weighted by molar-refractivity contribution is 0.102. The zero-order valence-corrected chi connectivity index (χ0v) is 16.3. The van der Waals surface area contributed by atoms with Crippen LogP contribution in [-0.4, -0.2) is 24.0 Å². The van der Waals surface area contributed by atoms with Gasteiger partial charge in [-0.3, -0.25) is 4.79 Å². The van der Waals surface area contributed by atoms with Crippen molar-refractivity contribution in [3.05, 3.63) is 68.5 Å². The Balaban J connectivity index is 1.57. The van der Waals surface area contributed by atoms with Crippen molar-refractivity contribution in [1.82, 2.24) is 10.3 Å². The molecule has 1 aliphatic rings. The summed E-state index contributed by atoms with van der Waals surface area (Å²) in [7, 11) is 0. The van der Waals surface area contributed by atoms with E-state index in [-0.39, 0.29) is 11.5 Å². The molecule has 7 heteroatoms. The third-order valence-electron chi connectivity index (χ3n) is 4.94. The van der Waals surface area contributed by atoms with Crippen LogP contribution in [0.15, 0.2) is 50.4 Å². The molecule has 2 N–H and O–H groups in total. The molecule has 0 spiro atoms. The monoisotopic (exact) mass is 395 g/mol. The van der Waals surface area contributed by atoms with Gasteiger partial charge in [-0.25, -0.2) is 9.78 Å². The second kappa shape index (κ2) is 8.08. The minimum atomic E-state index is -0.589. The van der Waals surface area contributed by atoms with E-state index in [1.165, 1.54) is 11.3 Å². The van der Waals surface area contributed by atoms with Crippen molar-refractivity contribution in [3.8, 4) is 11.3 Å². The summed E-state index contributed by atoms with van der Waals surface area (Å²) < 4.78 is 5.51. The van der Waals surface area contributed by atoms with Gasteiger partial charge in [-0.05, 0) is 50.1 Å². The number of anilines is 1. The zero-order valence-electron chi connectivity index (χ0n) is 15.5. The van der Waals surface area contributed by atoms with Crippen molar-refractivity contribution in [2.24, 2.45) is 0 Å². The maximum atomic E-state index is 12.7. The van der Waals surface area contributed by atoms with Crippen molar-refractivity contribution in [3.63, 3.8) is 0 Å². The summed E-state index contributed by atoms with van der Waals surface area (Å²) in [6.45, 7) is 3.55. The van der Waals surface area contributed by atoms with Gasteiger partial charge in [-0.2, -0.15) is 0 Å². The van der Waals surface area contributed by atoms with Crippen LogP contribution in [0.1, 0.15) is 40.4 Å². The topological polar surface area (TPSA) is 84.2 Å². The summed E-state index contributed by atoms with van der Waals surface area (Å²) in [6.07, 6.45) is 2.02. The Kier molecular flexibility index (Phi) is 5.36. The van der Waals surface area contributed by atoms with Crippen molar-refractivity contribution >= 4 is 22.9 Å². The molecule has 1 atom stereocenters. The molecule has 0 aliphatic carbocycles. The second-order valence-electron chi connectivity index (χ2n) is 6.95. The second-order valence-corrected chi connectivity index (χ2v) is 7.66. The molecule has 144 valence electrons. The van der Waals surface area contributed by atoms with Crippen LogP contribution in [0.4, 0.5) is 5.69 Å². The lowest BCUT2D eigenvalue weighted by Crippen LogP contribution is -2.30. The van der Waals surface area contributed by atoms with Crippen molar-refractivity contribution in [2.75, 3.05) is 18.4 Å². The van der Waals surface area contributed by atoms with Crippen LogP contribution in [0.25, 0.3) is 11.3 Å². The first-order valence-corrected chi connectivity index (χ1v) is 10.2. The fourth-order valence-corrected chi connectivity index (χ4v) is 4.07. The Bertz CT molecular complexity index is 1040. The number of aryl methyl sites for hydroxylation is 1. The molecular weight excluding hydrogens is 374 g/mol. The number of hydrogen-bond donors (Lipinski definition) is 2. The molecule has 3 aromatic rings. The van der Waals surface area contributed by atoms with Crippen LogP contribution >= 0.6 is 11.3 Å². The maximum Gasteiger partial charge on any atom is 0.349 e. The first kappa shape index (κ1) is 18.6. The number of carbonyl (C=O) groups excluding carboxylic acids is 1. The normalized spacial score (nSPS) is 16.7. The van der Waals surface area contributed by atoms with E-state index in [0.717, 1.165) is 37.2 Å². The highest BCUT2D eigenvalue weighted by Gasteiger charge is 2.22. The summed E-state index contributed by atoms with van der Waals surface area (Å²) in [5, 5.41) is 8.06. The lowest BCUT2D eigenvalue weighted by atomic mass is 9.95. The Morgan fingerprint density at radius 2 is 2.25 bits per heavy atom. The fourth-order valence-electron chi connectivity index (χ4n) is 3.51. The van der Waals surface area contributed by atoms with Crippen molar-refractivity contribution in [2.45, 2.75) is 25.7 Å². The van der Waals surface area contributed by atoms with Gasteiger partial charge < -0.3 is 15.1 Å². The molecule has 4 rings (SSSR count). The van der Waals surface area contributed by atoms with Crippen LogP contribution in [0, 0.1) is 6.92 Å². The Labute approximate surface area is 166 Å². The average Bonchev–Trinajstić information content (AvgIpc) is 3.23. The number of carbonyl (C=O) groups is 1. The Morgan fingerprint density at radius 1 is 1.36 bits per heavy atom. The molecule has 1 fully saturated rings. The van der Waals surface area contributed by atoms with Crippen LogP contribution < -0.4 is 16.3 Å². The number of benzene rings is 1. The summed E-state index contributed by atoms with van der Waals surface area (Å²) in [5.74, 6) is 0.360. The van der Waals surface area contributed by atoms with Gasteiger partial charge in [0.2, 0.25) is 0 Å². The molecule has 1 aromatic carbocycles. The quantitative estimate of drug-likeness (QED) is 0.702. The van der Waals surface area contributed by atoms with Crippen molar-refractivity contribution < 1.29 is 9.21 Å². The first-order valence-electron chi connectivity index (χ1n) is 9.27. The van der Waals surface area contributed by atoms with Crippen LogP contribution in [-0.2, 0) is 0 Å². The largest absolute Gasteiger partial charge is 0.427 e. The molecule has 6 nitrogen and oxygen atoms in total. The van der Waals surface area contributed by atoms with Gasteiger partial charge >= 0.3 is 5.63 Å². The van der Waals surface area contributed by atoms with Crippen LogP contribution in [0.5, 0.6) is 0 Å². The lowest BCUT2D eigenvalue weighted by Gasteiger charge is -2.22. The van der Waals surface area contributed by atoms with Gasteiger partial charge in [0, 0.05) is 29.1 Å². The third-order valence-corrected chi connectivity index (χ3v) is 5.53. The standard InChI is InChI=1S/C21H21N3O3S/c1-13-8-18(15-5-3-7-22-10-15)27-21(26)19(13)20(25)24-16-6-2-4-14(9-16)17-11-28-12-23-17/h2,4,6,8-9,11-12,15,22H,3,5,7,10H2,1H3,(H,24,25). The summed E-state index contributed by atoms with van der Waals surface area (Å²) >= 11 is 1.51. The molecular formula is C21H21N3O3S. The SMILES string of the molecule is Cc1cc(C2CCCNC2)oc(=O)c1C(=O)Nc1cccc(-c2cscn2)c1. The van der Waals surface area contributed by atoms with Crippen molar-refractivity contribution in [1.29, 1.82) is 0 Å². The smallest absolute Gasteiger partial charge is 0.349 e. The fraction of sp³-hybridized carbons (Fsp3) is 0.286. The number of nitrogens with zero attached hydrogens (tertiary/aromatic N) is 1. The highest BCUT2D eigenvalue weighted by Crippen LogP contribution is 2.25. The summed E-state index contributed by atoms with van der Waals surface area (Å²) in [6, 6.07) is 9.22. The van der Waals surface area contributed by atoms with Crippen LogP contribution in [0.3, 0.4) is 0 Å². The molecule has 1 aliphatic heterocycles. The van der Waals surface area contributed by atoms with Gasteiger partial charge in [0.05, 0.1) is 11.2 Å². The highest BCUT2D eigenvalue weighted by atomic mass is 32.1. The molecule has 1 amide bonds. The molecule has 1 saturated heterocycles. The van der Waals surface area contributed by atoms with Gasteiger partial charge in [0.15, 0.2) is 0 Å². The average molecular weight is 395 g/mol. The minimum absolute atomic E-state index is 0.0478. The predicted octanol–water partition coefficient (Wildman–Crippen LogP) is 3.79. The Hall–Kier alpha value is -2.77. The van der Waals surface area contributed by atoms with Gasteiger partial charge in [-0.1, -0.05) is 12.1 Å². The van der Waals surface area contributed by atoms with E-state index in [0.29, 0.717) is 17.0 Å². The number of hydrogen-bond acceptors (Lipinski definition) is 6. The number of nitrogens with one attached hydrogen (secondary N) is 2. The minimum Gasteiger partial charge on any atom is -0.427 e. The number of piperidine rings is 1. The zero-order chi connectivity index (χ0) is 19.5. The van der Waals surface area contributed by atoms with E-state index in [4.69, 9.17) is 4.42 Å². The molecule has 0 radical (unpaired) electrons. The van der Waals surface area contributed by atoms with Crippen LogP contribution in [0.2, 0.25) is 0 Å². The number of aromatic nitrogens is 1. The van der Waals surface area contributed by atoms with E-state index < -0.39 is 11.5 Å². The molecule has 0 saturated carbocycles. The maximum absolute atomic E-state index is 12.7. The van der Waals surface area contributed by atoms with E-state index in [2.05, 4.69) is 15.6 Å². The molecule has 2 aromatic heterocycles. The predicted molar refractivity (Wildman–Crippen MR) is 110 cm³/mol. The highest BCUT2D eigenvalue weighted by molar-refractivity contribution is 7.07. The number of amides is 1.